The minimum absolute atomic E-state index is 0.311. The van der Waals surface area contributed by atoms with Crippen molar-refractivity contribution < 1.29 is 8.42 Å². The number of hydrogen-bond donors (Lipinski definition) is 1. The first-order chi connectivity index (χ1) is 10.0. The minimum atomic E-state index is -3.08. The second-order valence-electron chi connectivity index (χ2n) is 5.35. The summed E-state index contributed by atoms with van der Waals surface area (Å²) < 4.78 is 24.6. The molecule has 1 saturated heterocycles. The van der Waals surface area contributed by atoms with Crippen molar-refractivity contribution in [2.45, 2.75) is 18.8 Å². The quantitative estimate of drug-likeness (QED) is 0.934. The van der Waals surface area contributed by atoms with E-state index >= 15 is 0 Å². The molecule has 7 heteroatoms. The zero-order valence-corrected chi connectivity index (χ0v) is 12.7. The predicted molar refractivity (Wildman–Crippen MR) is 80.2 cm³/mol. The lowest BCUT2D eigenvalue weighted by molar-refractivity contribution is 0.318. The monoisotopic (exact) mass is 306 g/mol. The molecular formula is C14H18N4O2S. The first-order valence-corrected chi connectivity index (χ1v) is 8.81. The average molecular weight is 306 g/mol. The first kappa shape index (κ1) is 14.2. The van der Waals surface area contributed by atoms with Crippen LogP contribution in [0.1, 0.15) is 24.5 Å². The Morgan fingerprint density at radius 3 is 2.62 bits per heavy atom. The van der Waals surface area contributed by atoms with E-state index in [1.807, 2.05) is 24.3 Å². The highest BCUT2D eigenvalue weighted by atomic mass is 32.2. The number of nitrogens with one attached hydrogen (secondary N) is 1. The zero-order chi connectivity index (χ0) is 14.9. The number of sulfonamides is 1. The molecule has 21 heavy (non-hydrogen) atoms. The van der Waals surface area contributed by atoms with Gasteiger partial charge in [-0.05, 0) is 31.0 Å². The Labute approximate surface area is 124 Å². The van der Waals surface area contributed by atoms with Crippen LogP contribution in [0.5, 0.6) is 0 Å². The second-order valence-corrected chi connectivity index (χ2v) is 7.34. The number of rotatable bonds is 3. The van der Waals surface area contributed by atoms with Crippen LogP contribution in [-0.4, -0.2) is 47.2 Å². The molecule has 0 saturated carbocycles. The molecule has 0 aliphatic carbocycles. The molecular weight excluding hydrogens is 288 g/mol. The van der Waals surface area contributed by atoms with Gasteiger partial charge in [-0.3, -0.25) is 10.1 Å². The molecule has 0 aromatic carbocycles. The first-order valence-electron chi connectivity index (χ1n) is 6.96. The summed E-state index contributed by atoms with van der Waals surface area (Å²) in [7, 11) is -3.08. The van der Waals surface area contributed by atoms with Crippen molar-refractivity contribution >= 4 is 10.0 Å². The fourth-order valence-electron chi connectivity index (χ4n) is 2.71. The van der Waals surface area contributed by atoms with E-state index in [1.54, 1.807) is 10.5 Å². The molecule has 6 nitrogen and oxygen atoms in total. The van der Waals surface area contributed by atoms with Crippen LogP contribution in [0, 0.1) is 0 Å². The highest BCUT2D eigenvalue weighted by Crippen LogP contribution is 2.28. The van der Waals surface area contributed by atoms with Gasteiger partial charge in [-0.2, -0.15) is 5.10 Å². The smallest absolute Gasteiger partial charge is 0.211 e. The largest absolute Gasteiger partial charge is 0.276 e. The Hall–Kier alpha value is -1.73. The van der Waals surface area contributed by atoms with Gasteiger partial charge in [-0.25, -0.2) is 12.7 Å². The van der Waals surface area contributed by atoms with E-state index in [9.17, 15) is 8.42 Å². The van der Waals surface area contributed by atoms with Crippen LogP contribution in [0.25, 0.3) is 11.4 Å². The topological polar surface area (TPSA) is 79.0 Å². The fourth-order valence-corrected chi connectivity index (χ4v) is 3.58. The van der Waals surface area contributed by atoms with Gasteiger partial charge in [0.05, 0.1) is 17.6 Å². The zero-order valence-electron chi connectivity index (χ0n) is 11.9. The average Bonchev–Trinajstić information content (AvgIpc) is 3.01. The van der Waals surface area contributed by atoms with E-state index < -0.39 is 10.0 Å². The summed E-state index contributed by atoms with van der Waals surface area (Å²) in [5, 5.41) is 6.85. The maximum Gasteiger partial charge on any atom is 0.211 e. The van der Waals surface area contributed by atoms with Crippen LogP contribution >= 0.6 is 0 Å². The highest BCUT2D eigenvalue weighted by Gasteiger charge is 2.26. The van der Waals surface area contributed by atoms with Gasteiger partial charge in [0, 0.05) is 30.9 Å². The van der Waals surface area contributed by atoms with Gasteiger partial charge in [0.1, 0.15) is 0 Å². The van der Waals surface area contributed by atoms with Gasteiger partial charge in [-0.1, -0.05) is 6.07 Å². The van der Waals surface area contributed by atoms with E-state index in [2.05, 4.69) is 15.2 Å². The fraction of sp³-hybridized carbons (Fsp3) is 0.429. The van der Waals surface area contributed by atoms with E-state index in [4.69, 9.17) is 0 Å². The van der Waals surface area contributed by atoms with Crippen LogP contribution in [0.2, 0.25) is 0 Å². The number of nitrogens with zero attached hydrogens (tertiary/aromatic N) is 3. The van der Waals surface area contributed by atoms with Gasteiger partial charge in [-0.15, -0.1) is 0 Å². The van der Waals surface area contributed by atoms with Gasteiger partial charge in [0.25, 0.3) is 0 Å². The molecule has 1 fully saturated rings. The van der Waals surface area contributed by atoms with Crippen molar-refractivity contribution in [1.29, 1.82) is 0 Å². The van der Waals surface area contributed by atoms with Crippen LogP contribution in [0.15, 0.2) is 30.5 Å². The summed E-state index contributed by atoms with van der Waals surface area (Å²) in [5.74, 6) is 0.311. The summed E-state index contributed by atoms with van der Waals surface area (Å²) in [4.78, 5) is 4.69. The molecule has 112 valence electrons. The third kappa shape index (κ3) is 3.14. The highest BCUT2D eigenvalue weighted by molar-refractivity contribution is 7.88. The summed E-state index contributed by atoms with van der Waals surface area (Å²) in [6.07, 6.45) is 4.59. The van der Waals surface area contributed by atoms with Crippen molar-refractivity contribution in [2.24, 2.45) is 0 Å². The minimum Gasteiger partial charge on any atom is -0.276 e. The standard InChI is InChI=1S/C14H18N4O2S/c1-21(19,20)18-9-6-11(7-10-18)12-3-2-4-13(16-12)14-5-8-15-17-14/h2-5,8,11H,6-7,9-10H2,1H3,(H,15,17). The normalized spacial score (nSPS) is 18.0. The van der Waals surface area contributed by atoms with Crippen LogP contribution in [0.3, 0.4) is 0 Å². The number of pyridine rings is 1. The van der Waals surface area contributed by atoms with Crippen molar-refractivity contribution in [2.75, 3.05) is 19.3 Å². The third-order valence-electron chi connectivity index (χ3n) is 3.89. The molecule has 0 bridgehead atoms. The Bertz CT molecular complexity index is 704. The molecule has 0 atom stereocenters. The van der Waals surface area contributed by atoms with Crippen molar-refractivity contribution in [3.63, 3.8) is 0 Å². The Balaban J connectivity index is 1.76. The third-order valence-corrected chi connectivity index (χ3v) is 5.19. The number of piperidine rings is 1. The van der Waals surface area contributed by atoms with Crippen LogP contribution < -0.4 is 0 Å². The molecule has 0 amide bonds. The lowest BCUT2D eigenvalue weighted by Crippen LogP contribution is -2.37. The van der Waals surface area contributed by atoms with E-state index in [1.165, 1.54) is 6.26 Å². The predicted octanol–water partition coefficient (Wildman–Crippen LogP) is 1.61. The number of H-pyrrole nitrogens is 1. The van der Waals surface area contributed by atoms with E-state index in [-0.39, 0.29) is 0 Å². The van der Waals surface area contributed by atoms with Gasteiger partial charge in [0.15, 0.2) is 0 Å². The number of hydrogen-bond acceptors (Lipinski definition) is 4. The maximum atomic E-state index is 11.5. The van der Waals surface area contributed by atoms with E-state index in [0.29, 0.717) is 19.0 Å². The number of aromatic nitrogens is 3. The summed E-state index contributed by atoms with van der Waals surface area (Å²) in [5.41, 5.74) is 2.79. The Morgan fingerprint density at radius 2 is 2.00 bits per heavy atom. The lowest BCUT2D eigenvalue weighted by atomic mass is 9.94. The lowest BCUT2D eigenvalue weighted by Gasteiger charge is -2.29. The van der Waals surface area contributed by atoms with Gasteiger partial charge < -0.3 is 0 Å². The molecule has 0 spiro atoms. The summed E-state index contributed by atoms with van der Waals surface area (Å²) in [6.45, 7) is 1.14. The van der Waals surface area contributed by atoms with Crippen LogP contribution in [-0.2, 0) is 10.0 Å². The summed E-state index contributed by atoms with van der Waals surface area (Å²) in [6, 6.07) is 7.84. The second kappa shape index (κ2) is 5.57. The summed E-state index contributed by atoms with van der Waals surface area (Å²) >= 11 is 0. The van der Waals surface area contributed by atoms with Crippen molar-refractivity contribution in [1.82, 2.24) is 19.5 Å². The molecule has 3 rings (SSSR count). The molecule has 2 aromatic heterocycles. The van der Waals surface area contributed by atoms with E-state index in [0.717, 1.165) is 29.9 Å². The van der Waals surface area contributed by atoms with Crippen molar-refractivity contribution in [3.8, 4) is 11.4 Å². The molecule has 0 radical (unpaired) electrons. The molecule has 3 heterocycles. The number of aromatic amines is 1. The van der Waals surface area contributed by atoms with Crippen LogP contribution in [0.4, 0.5) is 0 Å². The van der Waals surface area contributed by atoms with Gasteiger partial charge >= 0.3 is 0 Å². The molecule has 0 unspecified atom stereocenters. The molecule has 2 aromatic rings. The van der Waals surface area contributed by atoms with Gasteiger partial charge in [0.2, 0.25) is 10.0 Å². The Morgan fingerprint density at radius 1 is 1.24 bits per heavy atom. The Kier molecular flexibility index (Phi) is 3.77. The SMILES string of the molecule is CS(=O)(=O)N1CCC(c2cccc(-c3ccn[nH]3)n2)CC1. The molecule has 1 aliphatic rings. The van der Waals surface area contributed by atoms with Crippen molar-refractivity contribution in [3.05, 3.63) is 36.2 Å². The maximum absolute atomic E-state index is 11.5. The molecule has 1 aliphatic heterocycles. The molecule has 1 N–H and O–H groups in total.